The van der Waals surface area contributed by atoms with E-state index in [-0.39, 0.29) is 5.91 Å². The van der Waals surface area contributed by atoms with Crippen LogP contribution in [0.15, 0.2) is 36.7 Å². The summed E-state index contributed by atoms with van der Waals surface area (Å²) in [5, 5.41) is 7.64. The lowest BCUT2D eigenvalue weighted by Gasteiger charge is -2.32. The van der Waals surface area contributed by atoms with Crippen LogP contribution in [-0.2, 0) is 11.5 Å². The SMILES string of the molecule is O=C(NC1CCN(Cn2ncn(-c3ccccc3)c2=S)CC1)C1CC1. The highest BCUT2D eigenvalue weighted by Gasteiger charge is 2.31. The van der Waals surface area contributed by atoms with Crippen LogP contribution in [0.1, 0.15) is 25.7 Å². The first-order valence-corrected chi connectivity index (χ1v) is 9.34. The number of nitrogens with one attached hydrogen (secondary N) is 1. The molecule has 2 heterocycles. The lowest BCUT2D eigenvalue weighted by molar-refractivity contribution is -0.123. The molecule has 2 aliphatic rings. The molecule has 1 aliphatic carbocycles. The van der Waals surface area contributed by atoms with Crippen molar-refractivity contribution in [3.8, 4) is 5.69 Å². The van der Waals surface area contributed by atoms with Crippen LogP contribution < -0.4 is 5.32 Å². The van der Waals surface area contributed by atoms with Crippen molar-refractivity contribution >= 4 is 18.1 Å². The largest absolute Gasteiger partial charge is 0.353 e. The van der Waals surface area contributed by atoms with Crippen LogP contribution in [0, 0.1) is 10.7 Å². The summed E-state index contributed by atoms with van der Waals surface area (Å²) in [6, 6.07) is 10.3. The monoisotopic (exact) mass is 357 g/mol. The number of benzene rings is 1. The highest BCUT2D eigenvalue weighted by molar-refractivity contribution is 7.71. The quantitative estimate of drug-likeness (QED) is 0.835. The third kappa shape index (κ3) is 3.82. The molecule has 0 atom stereocenters. The number of hydrogen-bond acceptors (Lipinski definition) is 4. The normalized spacial score (nSPS) is 19.0. The minimum atomic E-state index is 0.252. The van der Waals surface area contributed by atoms with Gasteiger partial charge in [-0.1, -0.05) is 18.2 Å². The van der Waals surface area contributed by atoms with Crippen LogP contribution in [0.5, 0.6) is 0 Å². The summed E-state index contributed by atoms with van der Waals surface area (Å²) < 4.78 is 4.50. The van der Waals surface area contributed by atoms with Crippen LogP contribution in [-0.4, -0.2) is 44.3 Å². The van der Waals surface area contributed by atoms with Gasteiger partial charge in [-0.05, 0) is 50.0 Å². The van der Waals surface area contributed by atoms with Crippen molar-refractivity contribution in [2.45, 2.75) is 38.4 Å². The Bertz CT molecular complexity index is 787. The van der Waals surface area contributed by atoms with Crippen LogP contribution in [0.25, 0.3) is 5.69 Å². The van der Waals surface area contributed by atoms with Crippen molar-refractivity contribution in [2.24, 2.45) is 5.92 Å². The number of para-hydroxylation sites is 1. The molecule has 0 unspecified atom stereocenters. The van der Waals surface area contributed by atoms with Crippen molar-refractivity contribution in [3.63, 3.8) is 0 Å². The Labute approximate surface area is 152 Å². The van der Waals surface area contributed by atoms with Gasteiger partial charge < -0.3 is 5.32 Å². The minimum Gasteiger partial charge on any atom is -0.353 e. The summed E-state index contributed by atoms with van der Waals surface area (Å²) in [7, 11) is 0. The summed E-state index contributed by atoms with van der Waals surface area (Å²) in [6.07, 6.45) is 5.89. The number of rotatable bonds is 5. The van der Waals surface area contributed by atoms with E-state index in [0.717, 1.165) is 44.5 Å². The van der Waals surface area contributed by atoms with Crippen LogP contribution in [0.3, 0.4) is 0 Å². The highest BCUT2D eigenvalue weighted by atomic mass is 32.1. The molecule has 2 aromatic rings. The lowest BCUT2D eigenvalue weighted by atomic mass is 10.1. The summed E-state index contributed by atoms with van der Waals surface area (Å²) in [4.78, 5) is 14.2. The molecule has 1 saturated carbocycles. The fourth-order valence-electron chi connectivity index (χ4n) is 3.27. The third-order valence-corrected chi connectivity index (χ3v) is 5.39. The zero-order valence-electron chi connectivity index (χ0n) is 14.2. The number of likely N-dealkylation sites (tertiary alicyclic amines) is 1. The molecule has 132 valence electrons. The van der Waals surface area contributed by atoms with Crippen LogP contribution >= 0.6 is 12.2 Å². The van der Waals surface area contributed by atoms with E-state index in [1.165, 1.54) is 0 Å². The smallest absolute Gasteiger partial charge is 0.223 e. The molecule has 7 heteroatoms. The molecule has 1 amide bonds. The maximum absolute atomic E-state index is 11.9. The summed E-state index contributed by atoms with van der Waals surface area (Å²) in [5.41, 5.74) is 1.03. The second kappa shape index (κ2) is 7.09. The van der Waals surface area contributed by atoms with E-state index in [1.807, 2.05) is 39.6 Å². The van der Waals surface area contributed by atoms with E-state index < -0.39 is 0 Å². The molecular weight excluding hydrogens is 334 g/mol. The van der Waals surface area contributed by atoms with E-state index in [0.29, 0.717) is 23.4 Å². The first-order valence-electron chi connectivity index (χ1n) is 8.93. The van der Waals surface area contributed by atoms with Crippen molar-refractivity contribution < 1.29 is 4.79 Å². The van der Waals surface area contributed by atoms with Gasteiger partial charge in [0.2, 0.25) is 10.7 Å². The Balaban J connectivity index is 1.34. The molecule has 1 N–H and O–H groups in total. The average molecular weight is 357 g/mol. The van der Waals surface area contributed by atoms with E-state index >= 15 is 0 Å². The lowest BCUT2D eigenvalue weighted by Crippen LogP contribution is -2.45. The maximum atomic E-state index is 11.9. The summed E-state index contributed by atoms with van der Waals surface area (Å²) in [6.45, 7) is 2.60. The first-order chi connectivity index (χ1) is 12.2. The Kier molecular flexibility index (Phi) is 4.67. The maximum Gasteiger partial charge on any atom is 0.223 e. The van der Waals surface area contributed by atoms with Gasteiger partial charge in [-0.2, -0.15) is 5.10 Å². The van der Waals surface area contributed by atoms with Gasteiger partial charge >= 0.3 is 0 Å². The summed E-state index contributed by atoms with van der Waals surface area (Å²) >= 11 is 5.57. The van der Waals surface area contributed by atoms with Crippen LogP contribution in [0.2, 0.25) is 0 Å². The zero-order valence-corrected chi connectivity index (χ0v) is 15.0. The molecular formula is C18H23N5OS. The molecule has 1 aromatic heterocycles. The zero-order chi connectivity index (χ0) is 17.2. The second-order valence-corrected chi connectivity index (χ2v) is 7.30. The molecule has 25 heavy (non-hydrogen) atoms. The molecule has 1 aromatic carbocycles. The van der Waals surface area contributed by atoms with Gasteiger partial charge in [0, 0.05) is 30.7 Å². The number of nitrogens with zero attached hydrogens (tertiary/aromatic N) is 4. The Morgan fingerprint density at radius 2 is 1.88 bits per heavy atom. The van der Waals surface area contributed by atoms with Gasteiger partial charge in [-0.3, -0.25) is 14.3 Å². The van der Waals surface area contributed by atoms with Gasteiger partial charge in [0.05, 0.1) is 6.67 Å². The number of aromatic nitrogens is 3. The van der Waals surface area contributed by atoms with Gasteiger partial charge in [0.25, 0.3) is 0 Å². The van der Waals surface area contributed by atoms with Gasteiger partial charge in [0.1, 0.15) is 6.33 Å². The fraction of sp³-hybridized carbons (Fsp3) is 0.500. The van der Waals surface area contributed by atoms with Gasteiger partial charge in [0.15, 0.2) is 0 Å². The molecule has 1 aliphatic heterocycles. The molecule has 0 bridgehead atoms. The minimum absolute atomic E-state index is 0.252. The molecule has 0 radical (unpaired) electrons. The number of carbonyl (C=O) groups is 1. The molecule has 6 nitrogen and oxygen atoms in total. The average Bonchev–Trinajstić information content (AvgIpc) is 3.43. The highest BCUT2D eigenvalue weighted by Crippen LogP contribution is 2.29. The standard InChI is InChI=1S/C18H23N5OS/c24-17(14-6-7-14)20-15-8-10-21(11-9-15)13-23-18(25)22(12-19-23)16-4-2-1-3-5-16/h1-5,12,14-15H,6-11,13H2,(H,20,24). The predicted octanol–water partition coefficient (Wildman–Crippen LogP) is 2.35. The van der Waals surface area contributed by atoms with E-state index in [1.54, 1.807) is 6.33 Å². The Morgan fingerprint density at radius 3 is 2.56 bits per heavy atom. The van der Waals surface area contributed by atoms with Crippen molar-refractivity contribution in [1.29, 1.82) is 0 Å². The Morgan fingerprint density at radius 1 is 1.16 bits per heavy atom. The van der Waals surface area contributed by atoms with Crippen molar-refractivity contribution in [2.75, 3.05) is 13.1 Å². The summed E-state index contributed by atoms with van der Waals surface area (Å²) in [5.74, 6) is 0.542. The van der Waals surface area contributed by atoms with Crippen molar-refractivity contribution in [3.05, 3.63) is 41.4 Å². The van der Waals surface area contributed by atoms with Crippen molar-refractivity contribution in [1.82, 2.24) is 24.6 Å². The molecule has 4 rings (SSSR count). The van der Waals surface area contributed by atoms with E-state index in [2.05, 4.69) is 15.3 Å². The number of amides is 1. The first kappa shape index (κ1) is 16.5. The fourth-order valence-corrected chi connectivity index (χ4v) is 3.53. The van der Waals surface area contributed by atoms with E-state index in [4.69, 9.17) is 12.2 Å². The predicted molar refractivity (Wildman–Crippen MR) is 97.8 cm³/mol. The van der Waals surface area contributed by atoms with E-state index in [9.17, 15) is 4.79 Å². The topological polar surface area (TPSA) is 55.1 Å². The Hall–Kier alpha value is -1.99. The number of piperidine rings is 1. The third-order valence-electron chi connectivity index (χ3n) is 4.98. The molecule has 0 spiro atoms. The number of carbonyl (C=O) groups excluding carboxylic acids is 1. The van der Waals surface area contributed by atoms with Gasteiger partial charge in [-0.25, -0.2) is 4.68 Å². The molecule has 2 fully saturated rings. The second-order valence-electron chi connectivity index (χ2n) is 6.94. The van der Waals surface area contributed by atoms with Gasteiger partial charge in [-0.15, -0.1) is 0 Å². The molecule has 1 saturated heterocycles. The van der Waals surface area contributed by atoms with Crippen LogP contribution in [0.4, 0.5) is 0 Å². The number of hydrogen-bond donors (Lipinski definition) is 1.